The molecule has 0 saturated heterocycles. The largest absolute Gasteiger partial charge is 0.480 e. The van der Waals surface area contributed by atoms with Crippen LogP contribution in [0.15, 0.2) is 67.4 Å². The van der Waals surface area contributed by atoms with Crippen molar-refractivity contribution in [3.05, 3.63) is 88.4 Å². The Labute approximate surface area is 200 Å². The van der Waals surface area contributed by atoms with Crippen molar-refractivity contribution in [1.82, 2.24) is 15.2 Å². The number of hydrogen-bond donors (Lipinski definition) is 2. The monoisotopic (exact) mass is 477 g/mol. The quantitative estimate of drug-likeness (QED) is 0.453. The fraction of sp³-hybridized carbons (Fsp3) is 0.200. The van der Waals surface area contributed by atoms with Crippen LogP contribution in [0.2, 0.25) is 0 Å². The van der Waals surface area contributed by atoms with Crippen LogP contribution in [0.25, 0.3) is 11.1 Å². The van der Waals surface area contributed by atoms with Gasteiger partial charge in [0.05, 0.1) is 12.7 Å². The number of carboxylic acids is 1. The molecule has 1 heterocycles. The second-order valence-corrected chi connectivity index (χ2v) is 8.78. The summed E-state index contributed by atoms with van der Waals surface area (Å²) in [7, 11) is 0. The molecule has 8 nitrogen and oxygen atoms in total. The molecule has 174 valence electrons. The first kappa shape index (κ1) is 23.2. The highest BCUT2D eigenvalue weighted by molar-refractivity contribution is 7.13. The molecule has 0 saturated carbocycles. The number of rotatable bonds is 9. The van der Waals surface area contributed by atoms with Gasteiger partial charge in [-0.15, -0.1) is 17.9 Å². The fourth-order valence-corrected chi connectivity index (χ4v) is 4.81. The van der Waals surface area contributed by atoms with Gasteiger partial charge in [0.2, 0.25) is 0 Å². The first-order valence-electron chi connectivity index (χ1n) is 10.6. The van der Waals surface area contributed by atoms with Gasteiger partial charge < -0.3 is 20.1 Å². The molecule has 0 radical (unpaired) electrons. The maximum absolute atomic E-state index is 12.5. The number of aromatic nitrogens is 1. The van der Waals surface area contributed by atoms with E-state index in [1.807, 2.05) is 24.3 Å². The van der Waals surface area contributed by atoms with Crippen LogP contribution in [0.1, 0.15) is 31.7 Å². The summed E-state index contributed by atoms with van der Waals surface area (Å²) in [6.07, 6.45) is 2.25. The van der Waals surface area contributed by atoms with E-state index in [0.717, 1.165) is 38.5 Å². The zero-order valence-corrected chi connectivity index (χ0v) is 19.1. The molecule has 0 spiro atoms. The molecule has 34 heavy (non-hydrogen) atoms. The van der Waals surface area contributed by atoms with Gasteiger partial charge in [-0.1, -0.05) is 54.6 Å². The summed E-state index contributed by atoms with van der Waals surface area (Å²) in [6.45, 7) is 3.52. The Kier molecular flexibility index (Phi) is 7.03. The van der Waals surface area contributed by atoms with E-state index >= 15 is 0 Å². The summed E-state index contributed by atoms with van der Waals surface area (Å²) in [4.78, 5) is 41.5. The van der Waals surface area contributed by atoms with E-state index in [4.69, 9.17) is 9.84 Å². The van der Waals surface area contributed by atoms with Gasteiger partial charge >= 0.3 is 12.1 Å². The number of nitrogens with one attached hydrogen (secondary N) is 1. The molecule has 9 heteroatoms. The van der Waals surface area contributed by atoms with Crippen molar-refractivity contribution >= 4 is 29.3 Å². The van der Waals surface area contributed by atoms with Gasteiger partial charge in [0.25, 0.3) is 5.91 Å². The number of aliphatic carboxylic acids is 1. The van der Waals surface area contributed by atoms with Gasteiger partial charge in [-0.2, -0.15) is 0 Å². The van der Waals surface area contributed by atoms with Crippen LogP contribution in [0.5, 0.6) is 0 Å². The van der Waals surface area contributed by atoms with E-state index in [1.54, 1.807) is 0 Å². The average molecular weight is 478 g/mol. The number of hydrogen-bond acceptors (Lipinski definition) is 6. The van der Waals surface area contributed by atoms with Crippen LogP contribution in [-0.2, 0) is 16.1 Å². The number of ether oxygens (including phenoxy) is 1. The van der Waals surface area contributed by atoms with Crippen LogP contribution in [-0.4, -0.2) is 52.7 Å². The highest BCUT2D eigenvalue weighted by Crippen LogP contribution is 2.44. The zero-order chi connectivity index (χ0) is 24.1. The van der Waals surface area contributed by atoms with Crippen molar-refractivity contribution in [3.63, 3.8) is 0 Å². The number of fused-ring (bicyclic) bond motifs is 3. The van der Waals surface area contributed by atoms with Crippen LogP contribution >= 0.6 is 11.3 Å². The standard InChI is InChI=1S/C25H23N3O5S/c1-2-11-28(14-23(29)30)24(31)21-12-26-22(34-21)13-27-25(32)33-15-20-18-9-5-3-7-16(18)17-8-4-6-10-19(17)20/h2-10,12,20H,1,11,13-15H2,(H,27,32)(H,29,30). The molecule has 2 N–H and O–H groups in total. The second kappa shape index (κ2) is 10.3. The van der Waals surface area contributed by atoms with Crippen LogP contribution < -0.4 is 5.32 Å². The van der Waals surface area contributed by atoms with Gasteiger partial charge in [0.1, 0.15) is 23.0 Å². The zero-order valence-electron chi connectivity index (χ0n) is 18.3. The number of nitrogens with zero attached hydrogens (tertiary/aromatic N) is 2. The van der Waals surface area contributed by atoms with Gasteiger partial charge in [-0.05, 0) is 22.3 Å². The van der Waals surface area contributed by atoms with Gasteiger partial charge in [-0.25, -0.2) is 9.78 Å². The van der Waals surface area contributed by atoms with Crippen molar-refractivity contribution in [1.29, 1.82) is 0 Å². The normalized spacial score (nSPS) is 11.9. The number of carbonyl (C=O) groups is 3. The predicted molar refractivity (Wildman–Crippen MR) is 128 cm³/mol. The van der Waals surface area contributed by atoms with E-state index in [1.165, 1.54) is 12.3 Å². The number of carboxylic acid groups (broad SMARTS) is 1. The molecule has 0 aliphatic heterocycles. The first-order chi connectivity index (χ1) is 16.5. The molecular weight excluding hydrogens is 454 g/mol. The smallest absolute Gasteiger partial charge is 0.407 e. The second-order valence-electron chi connectivity index (χ2n) is 7.67. The number of benzene rings is 2. The van der Waals surface area contributed by atoms with Gasteiger partial charge in [0, 0.05) is 12.5 Å². The predicted octanol–water partition coefficient (Wildman–Crippen LogP) is 3.89. The van der Waals surface area contributed by atoms with E-state index in [0.29, 0.717) is 5.01 Å². The lowest BCUT2D eigenvalue weighted by molar-refractivity contribution is -0.137. The third kappa shape index (κ3) is 4.99. The third-order valence-corrected chi connectivity index (χ3v) is 6.44. The molecule has 4 rings (SSSR count). The maximum Gasteiger partial charge on any atom is 0.407 e. The number of thiazole rings is 1. The van der Waals surface area contributed by atoms with E-state index in [-0.39, 0.29) is 30.5 Å². The average Bonchev–Trinajstić information content (AvgIpc) is 3.43. The summed E-state index contributed by atoms with van der Waals surface area (Å²) >= 11 is 1.09. The molecule has 2 aromatic carbocycles. The number of carbonyl (C=O) groups excluding carboxylic acids is 2. The Balaban J connectivity index is 1.33. The summed E-state index contributed by atoms with van der Waals surface area (Å²) in [5.74, 6) is -1.60. The van der Waals surface area contributed by atoms with Crippen molar-refractivity contribution in [2.45, 2.75) is 12.5 Å². The van der Waals surface area contributed by atoms with Crippen molar-refractivity contribution < 1.29 is 24.2 Å². The molecule has 0 bridgehead atoms. The summed E-state index contributed by atoms with van der Waals surface area (Å²) in [6, 6.07) is 16.2. The van der Waals surface area contributed by atoms with Crippen LogP contribution in [0.4, 0.5) is 4.79 Å². The Hall–Kier alpha value is -3.98. The molecule has 1 aromatic heterocycles. The van der Waals surface area contributed by atoms with Gasteiger partial charge in [0.15, 0.2) is 0 Å². The highest BCUT2D eigenvalue weighted by atomic mass is 32.1. The highest BCUT2D eigenvalue weighted by Gasteiger charge is 2.29. The van der Waals surface area contributed by atoms with E-state index < -0.39 is 24.5 Å². The Morgan fingerprint density at radius 3 is 2.38 bits per heavy atom. The Morgan fingerprint density at radius 1 is 1.12 bits per heavy atom. The lowest BCUT2D eigenvalue weighted by Gasteiger charge is -2.17. The Morgan fingerprint density at radius 2 is 1.76 bits per heavy atom. The van der Waals surface area contributed by atoms with Crippen molar-refractivity contribution in [2.24, 2.45) is 0 Å². The molecule has 0 unspecified atom stereocenters. The number of amides is 2. The third-order valence-electron chi connectivity index (χ3n) is 5.45. The molecule has 0 atom stereocenters. The van der Waals surface area contributed by atoms with Crippen molar-refractivity contribution in [2.75, 3.05) is 19.7 Å². The lowest BCUT2D eigenvalue weighted by Crippen LogP contribution is -2.35. The number of alkyl carbamates (subject to hydrolysis) is 1. The lowest BCUT2D eigenvalue weighted by atomic mass is 9.98. The fourth-order valence-electron chi connectivity index (χ4n) is 3.98. The maximum atomic E-state index is 12.5. The molecule has 1 aliphatic rings. The van der Waals surface area contributed by atoms with E-state index in [2.05, 4.69) is 41.1 Å². The molecular formula is C25H23N3O5S. The Bertz CT molecular complexity index is 1190. The molecule has 2 amide bonds. The SMILES string of the molecule is C=CCN(CC(=O)O)C(=O)c1cnc(CNC(=O)OCC2c3ccccc3-c3ccccc32)s1. The minimum absolute atomic E-state index is 0.0349. The van der Waals surface area contributed by atoms with Gasteiger partial charge in [-0.3, -0.25) is 9.59 Å². The minimum atomic E-state index is -1.11. The molecule has 3 aromatic rings. The van der Waals surface area contributed by atoms with E-state index in [9.17, 15) is 14.4 Å². The molecule has 1 aliphatic carbocycles. The summed E-state index contributed by atoms with van der Waals surface area (Å²) in [5, 5.41) is 12.2. The first-order valence-corrected chi connectivity index (χ1v) is 11.4. The van der Waals surface area contributed by atoms with Crippen molar-refractivity contribution in [3.8, 4) is 11.1 Å². The van der Waals surface area contributed by atoms with Crippen LogP contribution in [0.3, 0.4) is 0 Å². The molecule has 0 fully saturated rings. The summed E-state index contributed by atoms with van der Waals surface area (Å²) < 4.78 is 5.50. The topological polar surface area (TPSA) is 109 Å². The minimum Gasteiger partial charge on any atom is -0.480 e. The van der Waals surface area contributed by atoms with Crippen LogP contribution in [0, 0.1) is 0 Å². The summed E-state index contributed by atoms with van der Waals surface area (Å²) in [5.41, 5.74) is 4.57.